The summed E-state index contributed by atoms with van der Waals surface area (Å²) in [7, 11) is -3.84. The summed E-state index contributed by atoms with van der Waals surface area (Å²) in [5.74, 6) is 0.00425. The first-order valence-electron chi connectivity index (χ1n) is 10.8. The van der Waals surface area contributed by atoms with Crippen LogP contribution < -0.4 is 11.1 Å². The van der Waals surface area contributed by atoms with Gasteiger partial charge < -0.3 is 30.7 Å². The van der Waals surface area contributed by atoms with Gasteiger partial charge in [0.15, 0.2) is 0 Å². The van der Waals surface area contributed by atoms with Crippen LogP contribution in [0.25, 0.3) is 0 Å². The van der Waals surface area contributed by atoms with Crippen molar-refractivity contribution < 1.29 is 32.9 Å². The Morgan fingerprint density at radius 2 is 1.97 bits per heavy atom. The number of nitrogens with one attached hydrogen (secondary N) is 1. The summed E-state index contributed by atoms with van der Waals surface area (Å²) in [6.45, 7) is 3.94. The van der Waals surface area contributed by atoms with Crippen LogP contribution in [0.1, 0.15) is 26.7 Å². The summed E-state index contributed by atoms with van der Waals surface area (Å²) >= 11 is 0. The molecule has 1 aliphatic heterocycles. The normalized spacial score (nSPS) is 26.3. The van der Waals surface area contributed by atoms with E-state index in [1.165, 1.54) is 28.6 Å². The van der Waals surface area contributed by atoms with Crippen molar-refractivity contribution in [2.45, 2.75) is 56.0 Å². The maximum absolute atomic E-state index is 13.0. The molecule has 11 heteroatoms. The second kappa shape index (κ2) is 10.3. The van der Waals surface area contributed by atoms with Crippen molar-refractivity contribution in [3.63, 3.8) is 0 Å². The molecule has 5 N–H and O–H groups in total. The minimum Gasteiger partial charge on any atom is -0.446 e. The van der Waals surface area contributed by atoms with Crippen molar-refractivity contribution in [1.29, 1.82) is 0 Å². The molecular formula is C21H33N3O7S. The highest BCUT2D eigenvalue weighted by Gasteiger charge is 2.45. The van der Waals surface area contributed by atoms with Crippen LogP contribution in [0.4, 0.5) is 10.5 Å². The molecule has 5 atom stereocenters. The molecule has 0 unspecified atom stereocenters. The fourth-order valence-electron chi connectivity index (χ4n) is 4.18. The summed E-state index contributed by atoms with van der Waals surface area (Å²) in [4.78, 5) is 12.2. The van der Waals surface area contributed by atoms with Crippen molar-refractivity contribution >= 4 is 21.8 Å². The van der Waals surface area contributed by atoms with E-state index in [1.807, 2.05) is 13.8 Å². The van der Waals surface area contributed by atoms with E-state index >= 15 is 0 Å². The number of aliphatic hydroxyl groups excluding tert-OH is 2. The van der Waals surface area contributed by atoms with Gasteiger partial charge in [-0.15, -0.1) is 0 Å². The van der Waals surface area contributed by atoms with Crippen LogP contribution in [0.3, 0.4) is 0 Å². The van der Waals surface area contributed by atoms with Gasteiger partial charge >= 0.3 is 6.09 Å². The zero-order valence-electron chi connectivity index (χ0n) is 18.4. The van der Waals surface area contributed by atoms with Crippen molar-refractivity contribution in [2.75, 3.05) is 32.0 Å². The fourth-order valence-corrected chi connectivity index (χ4v) is 5.83. The predicted octanol–water partition coefficient (Wildman–Crippen LogP) is 0.541. The number of anilines is 1. The van der Waals surface area contributed by atoms with Gasteiger partial charge in [-0.25, -0.2) is 13.2 Å². The molecule has 0 spiro atoms. The topological polar surface area (TPSA) is 151 Å². The molecule has 3 rings (SSSR count). The van der Waals surface area contributed by atoms with Crippen molar-refractivity contribution in [1.82, 2.24) is 9.62 Å². The molecule has 1 aromatic rings. The zero-order chi connectivity index (χ0) is 23.5. The molecule has 10 nitrogen and oxygen atoms in total. The average Bonchev–Trinajstić information content (AvgIpc) is 3.27. The maximum atomic E-state index is 13.0. The Morgan fingerprint density at radius 3 is 2.59 bits per heavy atom. The molecule has 1 amide bonds. The first kappa shape index (κ1) is 24.7. The number of nitrogen functional groups attached to an aromatic ring is 1. The minimum absolute atomic E-state index is 0.0264. The molecule has 0 aromatic heterocycles. The molecule has 2 aliphatic rings. The number of hydrogen-bond acceptors (Lipinski definition) is 8. The summed E-state index contributed by atoms with van der Waals surface area (Å²) in [6.07, 6.45) is -1.76. The van der Waals surface area contributed by atoms with Gasteiger partial charge in [-0.05, 0) is 36.6 Å². The number of carbonyl (C=O) groups is 1. The highest BCUT2D eigenvalue weighted by atomic mass is 32.2. The van der Waals surface area contributed by atoms with Crippen LogP contribution in [0, 0.1) is 11.8 Å². The Labute approximate surface area is 188 Å². The van der Waals surface area contributed by atoms with E-state index < -0.39 is 28.3 Å². The summed E-state index contributed by atoms with van der Waals surface area (Å²) in [6, 6.07) is 5.88. The van der Waals surface area contributed by atoms with E-state index in [0.717, 1.165) is 0 Å². The third-order valence-corrected chi connectivity index (χ3v) is 7.59. The lowest BCUT2D eigenvalue weighted by Gasteiger charge is -2.26. The second-order valence-corrected chi connectivity index (χ2v) is 10.9. The Balaban J connectivity index is 1.52. The van der Waals surface area contributed by atoms with Gasteiger partial charge in [0.25, 0.3) is 0 Å². The largest absolute Gasteiger partial charge is 0.446 e. The van der Waals surface area contributed by atoms with Crippen LogP contribution in [0.2, 0.25) is 0 Å². The van der Waals surface area contributed by atoms with Gasteiger partial charge in [-0.3, -0.25) is 0 Å². The van der Waals surface area contributed by atoms with Gasteiger partial charge in [0.05, 0.1) is 29.8 Å². The summed E-state index contributed by atoms with van der Waals surface area (Å²) < 4.78 is 38.1. The van der Waals surface area contributed by atoms with Gasteiger partial charge in [-0.1, -0.05) is 13.8 Å². The van der Waals surface area contributed by atoms with Crippen LogP contribution in [0.15, 0.2) is 29.2 Å². The monoisotopic (exact) mass is 471 g/mol. The quantitative estimate of drug-likeness (QED) is 0.381. The number of amides is 1. The zero-order valence-corrected chi connectivity index (χ0v) is 19.2. The third kappa shape index (κ3) is 6.10. The number of nitrogens with zero attached hydrogens (tertiary/aromatic N) is 1. The number of carbonyl (C=O) groups excluding carboxylic acids is 1. The summed E-state index contributed by atoms with van der Waals surface area (Å²) in [5.41, 5.74) is 6.10. The number of ether oxygens (including phenoxy) is 2. The van der Waals surface area contributed by atoms with Crippen molar-refractivity contribution in [3.05, 3.63) is 24.3 Å². The van der Waals surface area contributed by atoms with Crippen LogP contribution >= 0.6 is 0 Å². The lowest BCUT2D eigenvalue weighted by Crippen LogP contribution is -2.44. The van der Waals surface area contributed by atoms with Gasteiger partial charge in [0.2, 0.25) is 10.0 Å². The number of rotatable bonds is 9. The molecule has 1 aliphatic carbocycles. The fraction of sp³-hybridized carbons (Fsp3) is 0.667. The molecule has 32 heavy (non-hydrogen) atoms. The number of hydrogen-bond donors (Lipinski definition) is 4. The highest BCUT2D eigenvalue weighted by Crippen LogP contribution is 2.37. The highest BCUT2D eigenvalue weighted by molar-refractivity contribution is 7.89. The maximum Gasteiger partial charge on any atom is 0.407 e. The van der Waals surface area contributed by atoms with E-state index in [2.05, 4.69) is 5.32 Å². The molecule has 1 saturated heterocycles. The molecule has 1 saturated carbocycles. The number of fused-ring (bicyclic) bond motifs is 1. The van der Waals surface area contributed by atoms with Crippen LogP contribution in [-0.2, 0) is 19.5 Å². The number of nitrogens with two attached hydrogens (primary N) is 1. The van der Waals surface area contributed by atoms with E-state index in [1.54, 1.807) is 0 Å². The Morgan fingerprint density at radius 1 is 1.28 bits per heavy atom. The molecule has 180 valence electrons. The lowest BCUT2D eigenvalue weighted by molar-refractivity contribution is 0.0469. The molecule has 2 fully saturated rings. The average molecular weight is 472 g/mol. The smallest absolute Gasteiger partial charge is 0.407 e. The number of sulfonamides is 1. The third-order valence-electron chi connectivity index (χ3n) is 5.74. The van der Waals surface area contributed by atoms with Crippen LogP contribution in [0.5, 0.6) is 0 Å². The SMILES string of the molecule is CC(C)CN(C[C@@H](O)CNC(=O)O[C@@H]1C[C@@H]2[C@H](O)CO[C@@H]2C1)S(=O)(=O)c1ccc(N)cc1. The predicted molar refractivity (Wildman–Crippen MR) is 117 cm³/mol. The molecule has 0 radical (unpaired) electrons. The van der Waals surface area contributed by atoms with E-state index in [4.69, 9.17) is 15.2 Å². The van der Waals surface area contributed by atoms with Gasteiger partial charge in [-0.2, -0.15) is 4.31 Å². The number of aliphatic hydroxyl groups is 2. The van der Waals surface area contributed by atoms with E-state index in [0.29, 0.717) is 25.1 Å². The molecule has 0 bridgehead atoms. The molecular weight excluding hydrogens is 438 g/mol. The number of benzene rings is 1. The Bertz CT molecular complexity index is 878. The first-order chi connectivity index (χ1) is 15.1. The number of alkyl carbamates (subject to hydrolysis) is 1. The summed E-state index contributed by atoms with van der Waals surface area (Å²) in [5, 5.41) is 22.8. The lowest BCUT2D eigenvalue weighted by atomic mass is 10.0. The minimum atomic E-state index is -3.84. The van der Waals surface area contributed by atoms with Crippen molar-refractivity contribution in [2.24, 2.45) is 11.8 Å². The Hall–Kier alpha value is -1.92. The molecule has 1 aromatic carbocycles. The first-order valence-corrected chi connectivity index (χ1v) is 12.3. The van der Waals surface area contributed by atoms with Crippen LogP contribution in [-0.4, -0.2) is 79.7 Å². The van der Waals surface area contributed by atoms with Gasteiger partial charge in [0, 0.05) is 37.7 Å². The van der Waals surface area contributed by atoms with E-state index in [9.17, 15) is 23.4 Å². The second-order valence-electron chi connectivity index (χ2n) is 8.92. The van der Waals surface area contributed by atoms with Crippen molar-refractivity contribution in [3.8, 4) is 0 Å². The van der Waals surface area contributed by atoms with E-state index in [-0.39, 0.29) is 48.6 Å². The van der Waals surface area contributed by atoms with Gasteiger partial charge in [0.1, 0.15) is 6.10 Å². The Kier molecular flexibility index (Phi) is 7.99. The molecule has 1 heterocycles. The standard InChI is InChI=1S/C21H33N3O7S/c1-13(2)10-24(32(28,29)17-5-3-14(22)4-6-17)11-15(25)9-23-21(27)31-16-7-18-19(26)12-30-20(18)8-16/h3-6,13,15-16,18-20,25-26H,7-12,22H2,1-2H3,(H,23,27)/t15-,16+,18+,19+,20+/m0/s1.